The van der Waals surface area contributed by atoms with Crippen molar-refractivity contribution in [2.45, 2.75) is 24.9 Å². The van der Waals surface area contributed by atoms with Crippen LogP contribution < -0.4 is 5.32 Å². The smallest absolute Gasteiger partial charge is 0.230 e. The Bertz CT molecular complexity index is 207. The largest absolute Gasteiger partial charge is 0.388 e. The van der Waals surface area contributed by atoms with Gasteiger partial charge < -0.3 is 15.2 Å². The molecule has 0 spiro atoms. The van der Waals surface area contributed by atoms with Crippen molar-refractivity contribution in [3.05, 3.63) is 0 Å². The second-order valence-corrected chi connectivity index (χ2v) is 5.01. The summed E-state index contributed by atoms with van der Waals surface area (Å²) in [5.41, 5.74) is -0.618. The monoisotopic (exact) mass is 233 g/mol. The van der Waals surface area contributed by atoms with E-state index in [4.69, 9.17) is 4.74 Å². The molecular weight excluding hydrogens is 214 g/mol. The molecular formula is C10H19NO3S. The molecule has 15 heavy (non-hydrogen) atoms. The molecule has 0 aromatic rings. The van der Waals surface area contributed by atoms with Crippen molar-refractivity contribution in [3.63, 3.8) is 0 Å². The molecule has 1 rings (SSSR count). The van der Waals surface area contributed by atoms with Crippen LogP contribution >= 0.6 is 11.8 Å². The van der Waals surface area contributed by atoms with Crippen LogP contribution in [0, 0.1) is 0 Å². The first-order valence-corrected chi connectivity index (χ1v) is 6.37. The summed E-state index contributed by atoms with van der Waals surface area (Å²) in [5.74, 6) is 1.27. The van der Waals surface area contributed by atoms with Gasteiger partial charge in [-0.25, -0.2) is 0 Å². The quantitative estimate of drug-likeness (QED) is 0.625. The number of thioether (sulfide) groups is 1. The van der Waals surface area contributed by atoms with Crippen LogP contribution in [0.1, 0.15) is 19.3 Å². The molecule has 1 aliphatic rings. The predicted octanol–water partition coefficient (Wildman–Crippen LogP) is 0.397. The number of ether oxygens (including phenoxy) is 1. The Morgan fingerprint density at radius 2 is 2.33 bits per heavy atom. The molecule has 0 atom stereocenters. The number of methoxy groups -OCH3 is 1. The minimum atomic E-state index is -0.618. The molecule has 1 aliphatic carbocycles. The number of carbonyl (C=O) groups is 1. The van der Waals surface area contributed by atoms with Gasteiger partial charge in [-0.3, -0.25) is 4.79 Å². The van der Waals surface area contributed by atoms with E-state index in [-0.39, 0.29) is 5.91 Å². The zero-order valence-corrected chi connectivity index (χ0v) is 9.94. The van der Waals surface area contributed by atoms with Crippen molar-refractivity contribution >= 4 is 17.7 Å². The molecule has 0 aromatic carbocycles. The van der Waals surface area contributed by atoms with E-state index >= 15 is 0 Å². The van der Waals surface area contributed by atoms with Crippen LogP contribution in [0.25, 0.3) is 0 Å². The molecule has 0 saturated heterocycles. The van der Waals surface area contributed by atoms with Gasteiger partial charge in [-0.2, -0.15) is 0 Å². The highest BCUT2D eigenvalue weighted by molar-refractivity contribution is 7.99. The van der Waals surface area contributed by atoms with Crippen LogP contribution in [-0.2, 0) is 9.53 Å². The van der Waals surface area contributed by atoms with Crippen molar-refractivity contribution in [1.82, 2.24) is 5.32 Å². The molecule has 1 amide bonds. The highest BCUT2D eigenvalue weighted by Gasteiger charge is 2.34. The van der Waals surface area contributed by atoms with Gasteiger partial charge in [-0.1, -0.05) is 0 Å². The molecule has 88 valence electrons. The van der Waals surface area contributed by atoms with Gasteiger partial charge in [0.25, 0.3) is 0 Å². The first-order chi connectivity index (χ1) is 7.16. The van der Waals surface area contributed by atoms with E-state index in [0.29, 0.717) is 18.9 Å². The van der Waals surface area contributed by atoms with E-state index in [1.54, 1.807) is 18.9 Å². The highest BCUT2D eigenvalue weighted by Crippen LogP contribution is 2.30. The summed E-state index contributed by atoms with van der Waals surface area (Å²) in [6, 6.07) is 0. The molecule has 0 aliphatic heterocycles. The van der Waals surface area contributed by atoms with Gasteiger partial charge in [0.15, 0.2) is 0 Å². The molecule has 0 aromatic heterocycles. The number of hydrogen-bond donors (Lipinski definition) is 2. The third-order valence-electron chi connectivity index (χ3n) is 2.56. The number of carbonyl (C=O) groups excluding carboxylic acids is 1. The van der Waals surface area contributed by atoms with Crippen molar-refractivity contribution < 1.29 is 14.6 Å². The average Bonchev–Trinajstić information content (AvgIpc) is 2.19. The zero-order chi connectivity index (χ0) is 11.1. The van der Waals surface area contributed by atoms with Crippen LogP contribution in [0.4, 0.5) is 0 Å². The van der Waals surface area contributed by atoms with E-state index < -0.39 is 5.60 Å². The Kier molecular flexibility index (Phi) is 5.42. The second-order valence-electron chi connectivity index (χ2n) is 3.90. The highest BCUT2D eigenvalue weighted by atomic mass is 32.2. The Balaban J connectivity index is 1.98. The Morgan fingerprint density at radius 1 is 1.60 bits per heavy atom. The lowest BCUT2D eigenvalue weighted by Gasteiger charge is -2.36. The molecule has 1 fully saturated rings. The lowest BCUT2D eigenvalue weighted by atomic mass is 9.80. The molecule has 0 radical (unpaired) electrons. The normalized spacial score (nSPS) is 18.3. The summed E-state index contributed by atoms with van der Waals surface area (Å²) in [4.78, 5) is 11.3. The van der Waals surface area contributed by atoms with Crippen LogP contribution in [-0.4, -0.2) is 48.4 Å². The summed E-state index contributed by atoms with van der Waals surface area (Å²) in [7, 11) is 1.65. The summed E-state index contributed by atoms with van der Waals surface area (Å²) >= 11 is 1.54. The van der Waals surface area contributed by atoms with Crippen LogP contribution in [0.5, 0.6) is 0 Å². The first kappa shape index (κ1) is 12.8. The topological polar surface area (TPSA) is 58.6 Å². The van der Waals surface area contributed by atoms with Gasteiger partial charge in [0.1, 0.15) is 0 Å². The molecule has 4 nitrogen and oxygen atoms in total. The third-order valence-corrected chi connectivity index (χ3v) is 3.49. The molecule has 5 heteroatoms. The maximum atomic E-state index is 11.3. The van der Waals surface area contributed by atoms with Gasteiger partial charge in [-0.15, -0.1) is 11.8 Å². The first-order valence-electron chi connectivity index (χ1n) is 5.22. The van der Waals surface area contributed by atoms with Crippen LogP contribution in [0.15, 0.2) is 0 Å². The summed E-state index contributed by atoms with van der Waals surface area (Å²) in [5, 5.41) is 12.5. The third kappa shape index (κ3) is 4.86. The molecule has 0 heterocycles. The SMILES string of the molecule is COCCSCC(=O)NCC1(O)CCC1. The van der Waals surface area contributed by atoms with Crippen molar-refractivity contribution in [2.75, 3.05) is 31.8 Å². The lowest BCUT2D eigenvalue weighted by Crippen LogP contribution is -2.48. The molecule has 2 N–H and O–H groups in total. The van der Waals surface area contributed by atoms with E-state index in [0.717, 1.165) is 25.0 Å². The molecule has 0 unspecified atom stereocenters. The second kappa shape index (κ2) is 6.35. The average molecular weight is 233 g/mol. The standard InChI is InChI=1S/C10H19NO3S/c1-14-5-6-15-7-9(12)11-8-10(13)3-2-4-10/h13H,2-8H2,1H3,(H,11,12). The predicted molar refractivity (Wildman–Crippen MR) is 61.0 cm³/mol. The Hall–Kier alpha value is -0.260. The lowest BCUT2D eigenvalue weighted by molar-refractivity contribution is -0.121. The molecule has 1 saturated carbocycles. The van der Waals surface area contributed by atoms with E-state index in [2.05, 4.69) is 5.32 Å². The van der Waals surface area contributed by atoms with E-state index in [1.807, 2.05) is 0 Å². The number of nitrogens with one attached hydrogen (secondary N) is 1. The van der Waals surface area contributed by atoms with Gasteiger partial charge in [0.05, 0.1) is 18.0 Å². The summed E-state index contributed by atoms with van der Waals surface area (Å²) in [6.45, 7) is 1.07. The van der Waals surface area contributed by atoms with Gasteiger partial charge in [0.2, 0.25) is 5.91 Å². The maximum absolute atomic E-state index is 11.3. The zero-order valence-electron chi connectivity index (χ0n) is 9.12. The van der Waals surface area contributed by atoms with E-state index in [9.17, 15) is 9.90 Å². The van der Waals surface area contributed by atoms with Crippen molar-refractivity contribution in [1.29, 1.82) is 0 Å². The van der Waals surface area contributed by atoms with Crippen LogP contribution in [0.2, 0.25) is 0 Å². The summed E-state index contributed by atoms with van der Waals surface area (Å²) in [6.07, 6.45) is 2.68. The fourth-order valence-electron chi connectivity index (χ4n) is 1.38. The number of amides is 1. The van der Waals surface area contributed by atoms with Gasteiger partial charge in [0, 0.05) is 19.4 Å². The fourth-order valence-corrected chi connectivity index (χ4v) is 2.10. The number of rotatable bonds is 7. The minimum Gasteiger partial charge on any atom is -0.388 e. The number of aliphatic hydroxyl groups is 1. The fraction of sp³-hybridized carbons (Fsp3) is 0.900. The van der Waals surface area contributed by atoms with Gasteiger partial charge >= 0.3 is 0 Å². The Labute approximate surface area is 94.8 Å². The van der Waals surface area contributed by atoms with Gasteiger partial charge in [-0.05, 0) is 19.3 Å². The maximum Gasteiger partial charge on any atom is 0.230 e. The van der Waals surface area contributed by atoms with Crippen LogP contribution in [0.3, 0.4) is 0 Å². The van der Waals surface area contributed by atoms with Crippen molar-refractivity contribution in [3.8, 4) is 0 Å². The van der Waals surface area contributed by atoms with E-state index in [1.165, 1.54) is 0 Å². The summed E-state index contributed by atoms with van der Waals surface area (Å²) < 4.78 is 4.87. The molecule has 0 bridgehead atoms. The number of hydrogen-bond acceptors (Lipinski definition) is 4. The van der Waals surface area contributed by atoms with Crippen molar-refractivity contribution in [2.24, 2.45) is 0 Å². The Morgan fingerprint density at radius 3 is 2.87 bits per heavy atom. The minimum absolute atomic E-state index is 0.00331.